The molecule has 1 aromatic rings. The van der Waals surface area contributed by atoms with Crippen LogP contribution in [0.15, 0.2) is 18.3 Å². The molecule has 2 N–H and O–H groups in total. The summed E-state index contributed by atoms with van der Waals surface area (Å²) in [5, 5.41) is 18.2. The van der Waals surface area contributed by atoms with E-state index in [0.29, 0.717) is 13.2 Å². The van der Waals surface area contributed by atoms with Gasteiger partial charge in [-0.2, -0.15) is 0 Å². The van der Waals surface area contributed by atoms with E-state index in [4.69, 9.17) is 9.84 Å². The summed E-state index contributed by atoms with van der Waals surface area (Å²) >= 11 is 0. The van der Waals surface area contributed by atoms with Gasteiger partial charge in [0.15, 0.2) is 0 Å². The lowest BCUT2D eigenvalue weighted by Gasteiger charge is -2.35. The van der Waals surface area contributed by atoms with Gasteiger partial charge in [0.25, 0.3) is 0 Å². The normalized spacial score (nSPS) is 21.1. The zero-order valence-corrected chi connectivity index (χ0v) is 9.04. The smallest absolute Gasteiger partial charge is 0.128 e. The molecule has 0 saturated carbocycles. The molecule has 1 aromatic heterocycles. The van der Waals surface area contributed by atoms with E-state index in [1.54, 1.807) is 6.20 Å². The van der Waals surface area contributed by atoms with Crippen molar-refractivity contribution in [3.8, 4) is 0 Å². The quantitative estimate of drug-likeness (QED) is 0.742. The largest absolute Gasteiger partial charge is 0.394 e. The lowest BCUT2D eigenvalue weighted by atomic mass is 10.2. The molecule has 1 unspecified atom stereocenters. The Kier molecular flexibility index (Phi) is 3.71. The number of nitrogens with zero attached hydrogens (tertiary/aromatic N) is 2. The van der Waals surface area contributed by atoms with Crippen LogP contribution in [0.2, 0.25) is 0 Å². The van der Waals surface area contributed by atoms with E-state index >= 15 is 0 Å². The van der Waals surface area contributed by atoms with Gasteiger partial charge >= 0.3 is 0 Å². The maximum atomic E-state index is 9.23. The number of aromatic nitrogens is 1. The summed E-state index contributed by atoms with van der Waals surface area (Å²) in [7, 11) is 0. The van der Waals surface area contributed by atoms with Crippen LogP contribution in [0.1, 0.15) is 5.56 Å². The van der Waals surface area contributed by atoms with E-state index in [-0.39, 0.29) is 19.3 Å². The molecule has 16 heavy (non-hydrogen) atoms. The molecule has 5 nitrogen and oxygen atoms in total. The summed E-state index contributed by atoms with van der Waals surface area (Å²) < 4.78 is 5.30. The molecule has 1 aliphatic heterocycles. The van der Waals surface area contributed by atoms with Gasteiger partial charge in [-0.1, -0.05) is 6.07 Å². The maximum Gasteiger partial charge on any atom is 0.128 e. The summed E-state index contributed by atoms with van der Waals surface area (Å²) in [5.41, 5.74) is 0.789. The second-order valence-electron chi connectivity index (χ2n) is 3.79. The van der Waals surface area contributed by atoms with Crippen LogP contribution in [0, 0.1) is 0 Å². The minimum Gasteiger partial charge on any atom is -0.394 e. The number of anilines is 1. The first-order valence-corrected chi connectivity index (χ1v) is 5.36. The zero-order valence-electron chi connectivity index (χ0n) is 9.04. The fourth-order valence-electron chi connectivity index (χ4n) is 1.79. The highest BCUT2D eigenvalue weighted by atomic mass is 16.5. The van der Waals surface area contributed by atoms with E-state index < -0.39 is 0 Å². The van der Waals surface area contributed by atoms with E-state index in [0.717, 1.165) is 17.9 Å². The van der Waals surface area contributed by atoms with E-state index in [2.05, 4.69) is 4.98 Å². The summed E-state index contributed by atoms with van der Waals surface area (Å²) in [6.45, 7) is 1.97. The molecule has 2 rings (SSSR count). The molecule has 0 radical (unpaired) electrons. The lowest BCUT2D eigenvalue weighted by molar-refractivity contribution is 0.0723. The molecule has 1 atom stereocenters. The van der Waals surface area contributed by atoms with Crippen LogP contribution in [0.25, 0.3) is 0 Å². The van der Waals surface area contributed by atoms with Gasteiger partial charge in [0.2, 0.25) is 0 Å². The van der Waals surface area contributed by atoms with Crippen LogP contribution in [0.3, 0.4) is 0 Å². The van der Waals surface area contributed by atoms with Gasteiger partial charge < -0.3 is 19.8 Å². The molecule has 0 spiro atoms. The SMILES string of the molecule is OCc1ccc(N2CCOCC2CO)nc1. The van der Waals surface area contributed by atoms with Crippen molar-refractivity contribution < 1.29 is 14.9 Å². The van der Waals surface area contributed by atoms with Gasteiger partial charge in [-0.3, -0.25) is 0 Å². The third-order valence-electron chi connectivity index (χ3n) is 2.72. The Morgan fingerprint density at radius 1 is 1.44 bits per heavy atom. The number of aliphatic hydroxyl groups excluding tert-OH is 2. The molecule has 2 heterocycles. The van der Waals surface area contributed by atoms with E-state index in [1.807, 2.05) is 17.0 Å². The second kappa shape index (κ2) is 5.25. The van der Waals surface area contributed by atoms with Gasteiger partial charge in [0, 0.05) is 12.7 Å². The Hall–Kier alpha value is -1.17. The fourth-order valence-corrected chi connectivity index (χ4v) is 1.79. The first kappa shape index (κ1) is 11.3. The number of ether oxygens (including phenoxy) is 1. The first-order chi connectivity index (χ1) is 7.85. The Balaban J connectivity index is 2.14. The average molecular weight is 224 g/mol. The average Bonchev–Trinajstić information content (AvgIpc) is 2.39. The van der Waals surface area contributed by atoms with Crippen LogP contribution >= 0.6 is 0 Å². The molecule has 5 heteroatoms. The molecular formula is C11H16N2O3. The van der Waals surface area contributed by atoms with Crippen molar-refractivity contribution in [3.63, 3.8) is 0 Å². The summed E-state index contributed by atoms with van der Waals surface area (Å²) in [5.74, 6) is 0.819. The molecule has 0 bridgehead atoms. The monoisotopic (exact) mass is 224 g/mol. The number of pyridine rings is 1. The van der Waals surface area contributed by atoms with Crippen molar-refractivity contribution in [2.24, 2.45) is 0 Å². The van der Waals surface area contributed by atoms with Crippen LogP contribution in [-0.4, -0.2) is 47.6 Å². The van der Waals surface area contributed by atoms with Crippen molar-refractivity contribution in [3.05, 3.63) is 23.9 Å². The van der Waals surface area contributed by atoms with Gasteiger partial charge in [-0.15, -0.1) is 0 Å². The summed E-state index contributed by atoms with van der Waals surface area (Å²) in [6.07, 6.45) is 1.65. The molecule has 1 saturated heterocycles. The third-order valence-corrected chi connectivity index (χ3v) is 2.72. The standard InChI is InChI=1S/C11H16N2O3/c14-6-9-1-2-11(12-5-9)13-3-4-16-8-10(13)7-15/h1-2,5,10,14-15H,3-4,6-8H2. The minimum absolute atomic E-state index is 0.000179. The van der Waals surface area contributed by atoms with Crippen molar-refractivity contribution in [2.45, 2.75) is 12.6 Å². The molecule has 0 aromatic carbocycles. The first-order valence-electron chi connectivity index (χ1n) is 5.36. The lowest BCUT2D eigenvalue weighted by Crippen LogP contribution is -2.48. The molecule has 1 aliphatic rings. The molecule has 0 amide bonds. The predicted octanol–water partition coefficient (Wildman–Crippen LogP) is -0.229. The zero-order chi connectivity index (χ0) is 11.4. The fraction of sp³-hybridized carbons (Fsp3) is 0.545. The molecule has 1 fully saturated rings. The third kappa shape index (κ3) is 2.32. The number of rotatable bonds is 3. The molecular weight excluding hydrogens is 208 g/mol. The van der Waals surface area contributed by atoms with Crippen molar-refractivity contribution in [2.75, 3.05) is 31.3 Å². The van der Waals surface area contributed by atoms with Gasteiger partial charge in [0.05, 0.1) is 32.5 Å². The highest BCUT2D eigenvalue weighted by Crippen LogP contribution is 2.17. The van der Waals surface area contributed by atoms with Crippen molar-refractivity contribution in [1.82, 2.24) is 4.98 Å². The number of hydrogen-bond donors (Lipinski definition) is 2. The summed E-state index contributed by atoms with van der Waals surface area (Å²) in [4.78, 5) is 6.30. The van der Waals surface area contributed by atoms with Crippen LogP contribution in [-0.2, 0) is 11.3 Å². The predicted molar refractivity (Wildman–Crippen MR) is 59.2 cm³/mol. The highest BCUT2D eigenvalue weighted by Gasteiger charge is 2.23. The maximum absolute atomic E-state index is 9.23. The Labute approximate surface area is 94.3 Å². The molecule has 88 valence electrons. The van der Waals surface area contributed by atoms with Crippen molar-refractivity contribution in [1.29, 1.82) is 0 Å². The molecule has 0 aliphatic carbocycles. The Morgan fingerprint density at radius 3 is 2.94 bits per heavy atom. The van der Waals surface area contributed by atoms with Crippen LogP contribution < -0.4 is 4.90 Å². The van der Waals surface area contributed by atoms with Gasteiger partial charge in [-0.25, -0.2) is 4.98 Å². The van der Waals surface area contributed by atoms with Crippen LogP contribution in [0.4, 0.5) is 5.82 Å². The van der Waals surface area contributed by atoms with Crippen LogP contribution in [0.5, 0.6) is 0 Å². The summed E-state index contributed by atoms with van der Waals surface area (Å²) in [6, 6.07) is 3.67. The Morgan fingerprint density at radius 2 is 2.31 bits per heavy atom. The number of hydrogen-bond acceptors (Lipinski definition) is 5. The minimum atomic E-state index is -0.0266. The van der Waals surface area contributed by atoms with E-state index in [9.17, 15) is 5.11 Å². The van der Waals surface area contributed by atoms with Gasteiger partial charge in [0.1, 0.15) is 5.82 Å². The highest BCUT2D eigenvalue weighted by molar-refractivity contribution is 5.41. The number of aliphatic hydroxyl groups is 2. The topological polar surface area (TPSA) is 65.8 Å². The Bertz CT molecular complexity index is 329. The van der Waals surface area contributed by atoms with Crippen molar-refractivity contribution >= 4 is 5.82 Å². The second-order valence-corrected chi connectivity index (χ2v) is 3.79. The van der Waals surface area contributed by atoms with Gasteiger partial charge in [-0.05, 0) is 11.6 Å². The number of morpholine rings is 1. The van der Waals surface area contributed by atoms with E-state index in [1.165, 1.54) is 0 Å².